The highest BCUT2D eigenvalue weighted by Crippen LogP contribution is 2.27. The monoisotopic (exact) mass is 202 g/mol. The predicted molar refractivity (Wildman–Crippen MR) is 66.1 cm³/mol. The van der Waals surface area contributed by atoms with Gasteiger partial charge in [0, 0.05) is 25.8 Å². The van der Waals surface area contributed by atoms with Gasteiger partial charge < -0.3 is 10.6 Å². The molecule has 0 atom stereocenters. The Morgan fingerprint density at radius 2 is 2.33 bits per heavy atom. The summed E-state index contributed by atoms with van der Waals surface area (Å²) in [4.78, 5) is 2.30. The van der Waals surface area contributed by atoms with Crippen LogP contribution in [0.2, 0.25) is 0 Å². The van der Waals surface area contributed by atoms with Crippen LogP contribution in [0.3, 0.4) is 0 Å². The Kier molecular flexibility index (Phi) is 2.78. The van der Waals surface area contributed by atoms with E-state index in [0.29, 0.717) is 6.54 Å². The maximum Gasteiger partial charge on any atom is 0.0397 e. The molecule has 1 aromatic carbocycles. The van der Waals surface area contributed by atoms with Crippen molar-refractivity contribution >= 4 is 11.8 Å². The van der Waals surface area contributed by atoms with Gasteiger partial charge in [0.2, 0.25) is 0 Å². The highest BCUT2D eigenvalue weighted by molar-refractivity contribution is 5.64. The molecule has 0 spiro atoms. The van der Waals surface area contributed by atoms with Gasteiger partial charge in [-0.3, -0.25) is 0 Å². The average molecular weight is 202 g/mol. The Morgan fingerprint density at radius 3 is 3.07 bits per heavy atom. The molecule has 0 aromatic heterocycles. The van der Waals surface area contributed by atoms with Gasteiger partial charge in [-0.1, -0.05) is 17.7 Å². The third kappa shape index (κ3) is 2.05. The van der Waals surface area contributed by atoms with Crippen LogP contribution in [0.5, 0.6) is 0 Å². The van der Waals surface area contributed by atoms with Crippen LogP contribution >= 0.6 is 0 Å². The first-order valence-corrected chi connectivity index (χ1v) is 5.42. The fourth-order valence-corrected chi connectivity index (χ4v) is 2.02. The average Bonchev–Trinajstić information content (AvgIpc) is 2.60. The Hall–Kier alpha value is -1.28. The van der Waals surface area contributed by atoms with E-state index in [2.05, 4.69) is 43.1 Å². The molecule has 2 nitrogen and oxygen atoms in total. The summed E-state index contributed by atoms with van der Waals surface area (Å²) in [5, 5.41) is 0. The van der Waals surface area contributed by atoms with Gasteiger partial charge in [-0.2, -0.15) is 0 Å². The van der Waals surface area contributed by atoms with E-state index >= 15 is 0 Å². The zero-order chi connectivity index (χ0) is 10.8. The molecule has 0 saturated heterocycles. The zero-order valence-electron chi connectivity index (χ0n) is 9.46. The van der Waals surface area contributed by atoms with E-state index in [0.717, 1.165) is 13.0 Å². The summed E-state index contributed by atoms with van der Waals surface area (Å²) in [6.07, 6.45) is 3.33. The van der Waals surface area contributed by atoms with Crippen LogP contribution in [0.15, 0.2) is 23.8 Å². The van der Waals surface area contributed by atoms with E-state index in [-0.39, 0.29) is 0 Å². The molecule has 0 radical (unpaired) electrons. The lowest BCUT2D eigenvalue weighted by Gasteiger charge is -2.11. The van der Waals surface area contributed by atoms with Crippen molar-refractivity contribution in [2.24, 2.45) is 5.73 Å². The molecular formula is C13H18N2. The molecule has 0 bridgehead atoms. The highest BCUT2D eigenvalue weighted by atomic mass is 15.1. The van der Waals surface area contributed by atoms with E-state index in [9.17, 15) is 0 Å². The van der Waals surface area contributed by atoms with Crippen molar-refractivity contribution in [3.63, 3.8) is 0 Å². The fraction of sp³-hybridized carbons (Fsp3) is 0.385. The SMILES string of the molecule is CC(=Cc1ccc2c(c1)CCN2C)CN. The van der Waals surface area contributed by atoms with E-state index in [4.69, 9.17) is 5.73 Å². The number of nitrogens with zero attached hydrogens (tertiary/aromatic N) is 1. The largest absolute Gasteiger partial charge is 0.374 e. The van der Waals surface area contributed by atoms with E-state index in [1.807, 2.05) is 0 Å². The molecule has 2 N–H and O–H groups in total. The molecule has 80 valence electrons. The van der Waals surface area contributed by atoms with Crippen LogP contribution < -0.4 is 10.6 Å². The van der Waals surface area contributed by atoms with Crippen LogP contribution in [0.1, 0.15) is 18.1 Å². The molecule has 0 saturated carbocycles. The lowest BCUT2D eigenvalue weighted by atomic mass is 10.1. The summed E-state index contributed by atoms with van der Waals surface area (Å²) in [5.41, 5.74) is 10.9. The summed E-state index contributed by atoms with van der Waals surface area (Å²) in [6.45, 7) is 3.84. The van der Waals surface area contributed by atoms with Crippen molar-refractivity contribution in [1.29, 1.82) is 0 Å². The van der Waals surface area contributed by atoms with Crippen LogP contribution in [0.25, 0.3) is 6.08 Å². The minimum atomic E-state index is 0.636. The third-order valence-electron chi connectivity index (χ3n) is 2.97. The molecule has 1 aliphatic rings. The van der Waals surface area contributed by atoms with Crippen molar-refractivity contribution in [3.05, 3.63) is 34.9 Å². The molecule has 1 heterocycles. The molecule has 2 rings (SSSR count). The van der Waals surface area contributed by atoms with Crippen LogP contribution in [-0.4, -0.2) is 20.1 Å². The second-order valence-electron chi connectivity index (χ2n) is 4.25. The first-order chi connectivity index (χ1) is 7.20. The first-order valence-electron chi connectivity index (χ1n) is 5.42. The third-order valence-corrected chi connectivity index (χ3v) is 2.97. The smallest absolute Gasteiger partial charge is 0.0397 e. The van der Waals surface area contributed by atoms with Gasteiger partial charge in [0.25, 0.3) is 0 Å². The predicted octanol–water partition coefficient (Wildman–Crippen LogP) is 2.04. The summed E-state index contributed by atoms with van der Waals surface area (Å²) >= 11 is 0. The molecule has 0 amide bonds. The van der Waals surface area contributed by atoms with Crippen LogP contribution in [-0.2, 0) is 6.42 Å². The van der Waals surface area contributed by atoms with Gasteiger partial charge in [-0.15, -0.1) is 0 Å². The zero-order valence-corrected chi connectivity index (χ0v) is 9.46. The normalized spacial score (nSPS) is 15.7. The summed E-state index contributed by atoms with van der Waals surface area (Å²) in [6, 6.07) is 6.65. The minimum absolute atomic E-state index is 0.636. The Bertz CT molecular complexity index is 394. The second-order valence-corrected chi connectivity index (χ2v) is 4.25. The summed E-state index contributed by atoms with van der Waals surface area (Å²) in [5.74, 6) is 0. The molecule has 0 aliphatic carbocycles. The highest BCUT2D eigenvalue weighted by Gasteiger charge is 2.14. The Morgan fingerprint density at radius 1 is 1.53 bits per heavy atom. The molecule has 1 aliphatic heterocycles. The number of fused-ring (bicyclic) bond motifs is 1. The number of anilines is 1. The number of rotatable bonds is 2. The van der Waals surface area contributed by atoms with Gasteiger partial charge in [0.05, 0.1) is 0 Å². The number of benzene rings is 1. The van der Waals surface area contributed by atoms with E-state index in [1.165, 1.54) is 22.4 Å². The van der Waals surface area contributed by atoms with Crippen molar-refractivity contribution in [1.82, 2.24) is 0 Å². The van der Waals surface area contributed by atoms with Crippen molar-refractivity contribution in [3.8, 4) is 0 Å². The van der Waals surface area contributed by atoms with Gasteiger partial charge in [0.1, 0.15) is 0 Å². The molecule has 15 heavy (non-hydrogen) atoms. The summed E-state index contributed by atoms with van der Waals surface area (Å²) in [7, 11) is 2.15. The second kappa shape index (κ2) is 4.07. The number of likely N-dealkylation sites (N-methyl/N-ethyl adjacent to an activating group) is 1. The van der Waals surface area contributed by atoms with Crippen molar-refractivity contribution < 1.29 is 0 Å². The maximum absolute atomic E-state index is 5.58. The van der Waals surface area contributed by atoms with Crippen LogP contribution in [0, 0.1) is 0 Å². The van der Waals surface area contributed by atoms with Gasteiger partial charge in [-0.25, -0.2) is 0 Å². The lowest BCUT2D eigenvalue weighted by Crippen LogP contribution is -2.12. The topological polar surface area (TPSA) is 29.3 Å². The molecule has 2 heteroatoms. The summed E-state index contributed by atoms with van der Waals surface area (Å²) < 4.78 is 0. The van der Waals surface area contributed by atoms with Crippen molar-refractivity contribution in [2.75, 3.05) is 25.0 Å². The lowest BCUT2D eigenvalue weighted by molar-refractivity contribution is 0.956. The number of hydrogen-bond acceptors (Lipinski definition) is 2. The standard InChI is InChI=1S/C13H18N2/c1-10(9-14)7-11-3-4-13-12(8-11)5-6-15(13)2/h3-4,7-8H,5-6,9,14H2,1-2H3. The fourth-order valence-electron chi connectivity index (χ4n) is 2.02. The van der Waals surface area contributed by atoms with Crippen molar-refractivity contribution in [2.45, 2.75) is 13.3 Å². The first kappa shape index (κ1) is 10.2. The molecule has 0 unspecified atom stereocenters. The number of nitrogens with two attached hydrogens (primary N) is 1. The Labute approximate surface area is 91.4 Å². The maximum atomic E-state index is 5.58. The van der Waals surface area contributed by atoms with Crippen LogP contribution in [0.4, 0.5) is 5.69 Å². The Balaban J connectivity index is 2.31. The number of hydrogen-bond donors (Lipinski definition) is 1. The molecule has 1 aromatic rings. The van der Waals surface area contributed by atoms with E-state index in [1.54, 1.807) is 0 Å². The van der Waals surface area contributed by atoms with Gasteiger partial charge in [-0.05, 0) is 36.6 Å². The molecular weight excluding hydrogens is 184 g/mol. The van der Waals surface area contributed by atoms with Gasteiger partial charge >= 0.3 is 0 Å². The van der Waals surface area contributed by atoms with E-state index < -0.39 is 0 Å². The van der Waals surface area contributed by atoms with Gasteiger partial charge in [0.15, 0.2) is 0 Å². The quantitative estimate of drug-likeness (QED) is 0.795. The molecule has 0 fully saturated rings. The minimum Gasteiger partial charge on any atom is -0.374 e.